The Balaban J connectivity index is 1.95. The van der Waals surface area contributed by atoms with Gasteiger partial charge in [0.25, 0.3) is 5.88 Å². The van der Waals surface area contributed by atoms with Crippen molar-refractivity contribution in [1.82, 2.24) is 14.9 Å². The summed E-state index contributed by atoms with van der Waals surface area (Å²) in [5, 5.41) is 8.89. The Morgan fingerprint density at radius 3 is 3.11 bits per heavy atom. The number of amides is 1. The van der Waals surface area contributed by atoms with Crippen LogP contribution in [0.5, 0.6) is 5.88 Å². The lowest BCUT2D eigenvalue weighted by atomic mass is 10.3. The molecular formula is C12H13ClN4O2. The molecule has 0 spiro atoms. The molecule has 0 aliphatic carbocycles. The van der Waals surface area contributed by atoms with Crippen molar-refractivity contribution in [2.45, 2.75) is 18.9 Å². The van der Waals surface area contributed by atoms with Crippen LogP contribution in [0.4, 0.5) is 0 Å². The lowest BCUT2D eigenvalue weighted by Gasteiger charge is -2.16. The number of carbonyl (C=O) groups excluding carboxylic acids is 1. The minimum absolute atomic E-state index is 0.0285. The average Bonchev–Trinajstić information content (AvgIpc) is 2.88. The van der Waals surface area contributed by atoms with Gasteiger partial charge in [0.1, 0.15) is 12.2 Å². The fourth-order valence-electron chi connectivity index (χ4n) is 1.94. The zero-order valence-corrected chi connectivity index (χ0v) is 11.0. The number of carbonyl (C=O) groups is 1. The third kappa shape index (κ3) is 3.32. The highest BCUT2D eigenvalue weighted by molar-refractivity contribution is 6.18. The van der Waals surface area contributed by atoms with Gasteiger partial charge in [0.15, 0.2) is 0 Å². The zero-order chi connectivity index (χ0) is 13.7. The fraction of sp³-hybridized carbons (Fsp3) is 0.500. The number of hydrogen-bond acceptors (Lipinski definition) is 5. The van der Waals surface area contributed by atoms with Gasteiger partial charge in [-0.25, -0.2) is 9.97 Å². The van der Waals surface area contributed by atoms with E-state index in [0.29, 0.717) is 25.4 Å². The van der Waals surface area contributed by atoms with Gasteiger partial charge in [-0.3, -0.25) is 4.79 Å². The summed E-state index contributed by atoms with van der Waals surface area (Å²) in [6.45, 7) is 1.14. The number of nitriles is 1. The molecule has 1 saturated heterocycles. The van der Waals surface area contributed by atoms with Gasteiger partial charge in [0.2, 0.25) is 11.6 Å². The molecule has 0 N–H and O–H groups in total. The van der Waals surface area contributed by atoms with Crippen molar-refractivity contribution in [3.63, 3.8) is 0 Å². The van der Waals surface area contributed by atoms with E-state index in [9.17, 15) is 4.79 Å². The van der Waals surface area contributed by atoms with E-state index in [1.165, 1.54) is 12.4 Å². The van der Waals surface area contributed by atoms with E-state index in [2.05, 4.69) is 9.97 Å². The van der Waals surface area contributed by atoms with Gasteiger partial charge in [-0.1, -0.05) is 0 Å². The maximum atomic E-state index is 11.7. The van der Waals surface area contributed by atoms with Crippen molar-refractivity contribution in [2.75, 3.05) is 19.0 Å². The van der Waals surface area contributed by atoms with Gasteiger partial charge in [-0.15, -0.1) is 11.6 Å². The third-order valence-corrected chi connectivity index (χ3v) is 3.04. The highest BCUT2D eigenvalue weighted by atomic mass is 35.5. The molecule has 0 saturated carbocycles. The van der Waals surface area contributed by atoms with Crippen LogP contribution >= 0.6 is 11.6 Å². The van der Waals surface area contributed by atoms with Crippen molar-refractivity contribution in [3.8, 4) is 11.9 Å². The van der Waals surface area contributed by atoms with Crippen LogP contribution in [0.1, 0.15) is 18.5 Å². The van der Waals surface area contributed by atoms with Gasteiger partial charge >= 0.3 is 0 Å². The second kappa shape index (κ2) is 6.34. The topological polar surface area (TPSA) is 79.1 Å². The fourth-order valence-corrected chi connectivity index (χ4v) is 2.10. The first-order valence-electron chi connectivity index (χ1n) is 5.96. The van der Waals surface area contributed by atoms with E-state index in [-0.39, 0.29) is 23.6 Å². The second-order valence-corrected chi connectivity index (χ2v) is 4.51. The molecule has 1 aromatic heterocycles. The molecule has 7 heteroatoms. The molecule has 1 aromatic rings. The average molecular weight is 281 g/mol. The van der Waals surface area contributed by atoms with Gasteiger partial charge < -0.3 is 9.64 Å². The zero-order valence-electron chi connectivity index (χ0n) is 10.3. The first kappa shape index (κ1) is 13.6. The Labute approximate surface area is 116 Å². The molecule has 0 aromatic carbocycles. The molecule has 1 amide bonds. The number of ether oxygens (including phenoxy) is 1. The van der Waals surface area contributed by atoms with E-state index in [1.807, 2.05) is 6.07 Å². The molecule has 0 bridgehead atoms. The number of likely N-dealkylation sites (tertiary alicyclic amines) is 1. The summed E-state index contributed by atoms with van der Waals surface area (Å²) in [6, 6.07) is 1.93. The van der Waals surface area contributed by atoms with Crippen molar-refractivity contribution in [3.05, 3.63) is 18.1 Å². The maximum absolute atomic E-state index is 11.7. The number of hydrogen-bond donors (Lipinski definition) is 0. The SMILES string of the molecule is N#Cc1nccnc1OC1CCN(C(=O)CCCl)C1. The Morgan fingerprint density at radius 2 is 2.37 bits per heavy atom. The standard InChI is InChI=1S/C12H13ClN4O2/c13-3-1-11(18)17-6-2-9(8-17)19-12-10(7-14)15-4-5-16-12/h4-5,9H,1-3,6,8H2. The first-order valence-corrected chi connectivity index (χ1v) is 6.49. The Kier molecular flexibility index (Phi) is 4.53. The molecule has 1 aliphatic heterocycles. The molecule has 1 atom stereocenters. The van der Waals surface area contributed by atoms with Gasteiger partial charge in [-0.05, 0) is 0 Å². The van der Waals surface area contributed by atoms with Crippen LogP contribution < -0.4 is 4.74 Å². The van der Waals surface area contributed by atoms with E-state index in [0.717, 1.165) is 6.42 Å². The molecule has 1 unspecified atom stereocenters. The summed E-state index contributed by atoms with van der Waals surface area (Å²) in [7, 11) is 0. The van der Waals surface area contributed by atoms with E-state index < -0.39 is 0 Å². The summed E-state index contributed by atoms with van der Waals surface area (Å²) in [6.07, 6.45) is 3.82. The molecule has 1 fully saturated rings. The van der Waals surface area contributed by atoms with E-state index in [1.54, 1.807) is 4.90 Å². The summed E-state index contributed by atoms with van der Waals surface area (Å²) >= 11 is 5.55. The quantitative estimate of drug-likeness (QED) is 0.768. The Hall–Kier alpha value is -1.87. The minimum atomic E-state index is -0.150. The van der Waals surface area contributed by atoms with Crippen LogP contribution in [0.3, 0.4) is 0 Å². The van der Waals surface area contributed by atoms with Crippen LogP contribution in [0.2, 0.25) is 0 Å². The normalized spacial score (nSPS) is 18.1. The van der Waals surface area contributed by atoms with Crippen LogP contribution in [0.25, 0.3) is 0 Å². The van der Waals surface area contributed by atoms with Gasteiger partial charge in [0, 0.05) is 37.7 Å². The maximum Gasteiger partial charge on any atom is 0.251 e. The Bertz CT molecular complexity index is 503. The van der Waals surface area contributed by atoms with Crippen LogP contribution in [-0.2, 0) is 4.79 Å². The first-order chi connectivity index (χ1) is 9.24. The van der Waals surface area contributed by atoms with E-state index in [4.69, 9.17) is 21.6 Å². The second-order valence-electron chi connectivity index (χ2n) is 4.13. The summed E-state index contributed by atoms with van der Waals surface area (Å²) in [4.78, 5) is 21.3. The highest BCUT2D eigenvalue weighted by Gasteiger charge is 2.28. The number of rotatable bonds is 4. The summed E-state index contributed by atoms with van der Waals surface area (Å²) in [5.74, 6) is 0.575. The van der Waals surface area contributed by atoms with Crippen LogP contribution in [0, 0.1) is 11.3 Å². The minimum Gasteiger partial charge on any atom is -0.470 e. The summed E-state index contributed by atoms with van der Waals surface area (Å²) < 4.78 is 5.63. The lowest BCUT2D eigenvalue weighted by Crippen LogP contribution is -2.31. The van der Waals surface area contributed by atoms with E-state index >= 15 is 0 Å². The summed E-state index contributed by atoms with van der Waals surface area (Å²) in [5.41, 5.74) is 0.160. The van der Waals surface area contributed by atoms with Crippen molar-refractivity contribution in [2.24, 2.45) is 0 Å². The van der Waals surface area contributed by atoms with Gasteiger partial charge in [0.05, 0.1) is 6.54 Å². The molecule has 2 rings (SSSR count). The van der Waals surface area contributed by atoms with Gasteiger partial charge in [-0.2, -0.15) is 5.26 Å². The lowest BCUT2D eigenvalue weighted by molar-refractivity contribution is -0.130. The smallest absolute Gasteiger partial charge is 0.251 e. The number of halogens is 1. The Morgan fingerprint density at radius 1 is 1.58 bits per heavy atom. The van der Waals surface area contributed by atoms with Crippen LogP contribution in [-0.4, -0.2) is 45.8 Å². The molecule has 19 heavy (non-hydrogen) atoms. The predicted octanol–water partition coefficient (Wildman–Crippen LogP) is 0.957. The molecule has 100 valence electrons. The molecule has 0 radical (unpaired) electrons. The number of alkyl halides is 1. The monoisotopic (exact) mass is 280 g/mol. The molecule has 2 heterocycles. The van der Waals surface area contributed by atoms with Crippen LogP contribution in [0.15, 0.2) is 12.4 Å². The van der Waals surface area contributed by atoms with Crippen molar-refractivity contribution < 1.29 is 9.53 Å². The number of aromatic nitrogens is 2. The molecular weight excluding hydrogens is 268 g/mol. The molecule has 1 aliphatic rings. The third-order valence-electron chi connectivity index (χ3n) is 2.85. The predicted molar refractivity (Wildman–Crippen MR) is 67.7 cm³/mol. The van der Waals surface area contributed by atoms with Crippen molar-refractivity contribution in [1.29, 1.82) is 5.26 Å². The van der Waals surface area contributed by atoms with Crippen molar-refractivity contribution >= 4 is 17.5 Å². The largest absolute Gasteiger partial charge is 0.470 e. The highest BCUT2D eigenvalue weighted by Crippen LogP contribution is 2.18. The number of nitrogens with zero attached hydrogens (tertiary/aromatic N) is 4. The molecule has 6 nitrogen and oxygen atoms in total.